The molecule has 0 amide bonds. The van der Waals surface area contributed by atoms with Gasteiger partial charge in [0.2, 0.25) is 0 Å². The zero-order valence-electron chi connectivity index (χ0n) is 13.7. The first-order valence-electron chi connectivity index (χ1n) is 9.57. The summed E-state index contributed by atoms with van der Waals surface area (Å²) in [6.07, 6.45) is 14.8. The number of ether oxygens (including phenoxy) is 1. The van der Waals surface area contributed by atoms with Crippen LogP contribution in [0.25, 0.3) is 0 Å². The average Bonchev–Trinajstić information content (AvgIpc) is 3.11. The second-order valence-electron chi connectivity index (χ2n) is 9.00. The van der Waals surface area contributed by atoms with Crippen molar-refractivity contribution in [1.82, 2.24) is 0 Å². The Labute approximate surface area is 133 Å². The summed E-state index contributed by atoms with van der Waals surface area (Å²) in [6.45, 7) is 2.19. The molecule has 0 aliphatic heterocycles. The first-order chi connectivity index (χ1) is 10.7. The van der Waals surface area contributed by atoms with Crippen molar-refractivity contribution in [1.29, 1.82) is 0 Å². The fraction of sp³-hybridized carbons (Fsp3) is 0.850. The molecule has 0 aromatic carbocycles. The largest absolute Gasteiger partial charge is 0.461 e. The second-order valence-corrected chi connectivity index (χ2v) is 9.00. The summed E-state index contributed by atoms with van der Waals surface area (Å²) in [5, 5.41) is 0. The van der Waals surface area contributed by atoms with Gasteiger partial charge in [0.25, 0.3) is 0 Å². The van der Waals surface area contributed by atoms with Crippen LogP contribution in [0, 0.1) is 40.9 Å². The van der Waals surface area contributed by atoms with Gasteiger partial charge in [0.05, 0.1) is 5.41 Å². The maximum atomic E-state index is 13.1. The van der Waals surface area contributed by atoms with Crippen molar-refractivity contribution < 1.29 is 9.53 Å². The Bertz CT molecular complexity index is 494. The van der Waals surface area contributed by atoms with Crippen LogP contribution in [-0.2, 0) is 9.53 Å². The van der Waals surface area contributed by atoms with Crippen LogP contribution in [0.2, 0.25) is 0 Å². The van der Waals surface area contributed by atoms with E-state index < -0.39 is 0 Å². The Morgan fingerprint density at radius 3 is 2.23 bits per heavy atom. The highest BCUT2D eigenvalue weighted by atomic mass is 16.5. The SMILES string of the molecule is CCC1(C(=O)OC2C3CC4CC(C3)CC2C4)CC2C=CC1C2. The number of rotatable bonds is 3. The van der Waals surface area contributed by atoms with E-state index in [9.17, 15) is 4.79 Å². The molecule has 0 saturated heterocycles. The molecular formula is C20H28O2. The summed E-state index contributed by atoms with van der Waals surface area (Å²) in [6, 6.07) is 0. The second kappa shape index (κ2) is 4.61. The molecule has 22 heavy (non-hydrogen) atoms. The van der Waals surface area contributed by atoms with E-state index in [2.05, 4.69) is 19.1 Å². The highest BCUT2D eigenvalue weighted by molar-refractivity contribution is 5.79. The van der Waals surface area contributed by atoms with Crippen LogP contribution in [0.3, 0.4) is 0 Å². The van der Waals surface area contributed by atoms with Crippen LogP contribution in [0.1, 0.15) is 58.3 Å². The molecule has 0 aromatic rings. The zero-order chi connectivity index (χ0) is 14.9. The summed E-state index contributed by atoms with van der Waals surface area (Å²) in [5.41, 5.74) is -0.186. The van der Waals surface area contributed by atoms with E-state index in [1.54, 1.807) is 0 Å². The topological polar surface area (TPSA) is 26.3 Å². The predicted molar refractivity (Wildman–Crippen MR) is 85.0 cm³/mol. The van der Waals surface area contributed by atoms with Crippen LogP contribution in [0.4, 0.5) is 0 Å². The molecule has 6 aliphatic carbocycles. The Kier molecular flexibility index (Phi) is 2.86. The Hall–Kier alpha value is -0.790. The van der Waals surface area contributed by atoms with Gasteiger partial charge in [0.15, 0.2) is 0 Å². The molecule has 3 unspecified atom stereocenters. The molecule has 0 aromatic heterocycles. The Morgan fingerprint density at radius 2 is 1.73 bits per heavy atom. The third kappa shape index (κ3) is 1.76. The van der Waals surface area contributed by atoms with E-state index in [-0.39, 0.29) is 17.5 Å². The predicted octanol–water partition coefficient (Wildman–Crippen LogP) is 4.35. The highest BCUT2D eigenvalue weighted by Gasteiger charge is 2.56. The van der Waals surface area contributed by atoms with Gasteiger partial charge in [-0.2, -0.15) is 0 Å². The van der Waals surface area contributed by atoms with Gasteiger partial charge in [-0.1, -0.05) is 19.1 Å². The molecule has 6 rings (SSSR count). The van der Waals surface area contributed by atoms with Gasteiger partial charge in [0.1, 0.15) is 6.10 Å². The molecule has 5 saturated carbocycles. The summed E-state index contributed by atoms with van der Waals surface area (Å²) in [7, 11) is 0. The number of hydrogen-bond donors (Lipinski definition) is 0. The zero-order valence-corrected chi connectivity index (χ0v) is 13.7. The maximum Gasteiger partial charge on any atom is 0.312 e. The van der Waals surface area contributed by atoms with Crippen molar-refractivity contribution in [2.75, 3.05) is 0 Å². The fourth-order valence-corrected chi connectivity index (χ4v) is 7.05. The van der Waals surface area contributed by atoms with Gasteiger partial charge in [-0.15, -0.1) is 0 Å². The summed E-state index contributed by atoms with van der Waals surface area (Å²) in [5.74, 6) is 4.50. The van der Waals surface area contributed by atoms with Gasteiger partial charge in [-0.3, -0.25) is 4.79 Å². The molecular weight excluding hydrogens is 272 g/mol. The van der Waals surface area contributed by atoms with E-state index in [4.69, 9.17) is 4.74 Å². The molecule has 6 aliphatic rings. The minimum Gasteiger partial charge on any atom is -0.461 e. The quantitative estimate of drug-likeness (QED) is 0.572. The van der Waals surface area contributed by atoms with E-state index in [1.165, 1.54) is 38.5 Å². The van der Waals surface area contributed by atoms with Crippen LogP contribution in [-0.4, -0.2) is 12.1 Å². The summed E-state index contributed by atoms with van der Waals surface area (Å²) >= 11 is 0. The van der Waals surface area contributed by atoms with E-state index >= 15 is 0 Å². The lowest BCUT2D eigenvalue weighted by molar-refractivity contribution is -0.184. The third-order valence-corrected chi connectivity index (χ3v) is 7.93. The van der Waals surface area contributed by atoms with Gasteiger partial charge < -0.3 is 4.74 Å². The first-order valence-corrected chi connectivity index (χ1v) is 9.57. The minimum absolute atomic E-state index is 0.157. The van der Waals surface area contributed by atoms with Crippen molar-refractivity contribution in [3.05, 3.63) is 12.2 Å². The number of allylic oxidation sites excluding steroid dienone is 2. The molecule has 6 bridgehead atoms. The Morgan fingerprint density at radius 1 is 1.05 bits per heavy atom. The van der Waals surface area contributed by atoms with Crippen LogP contribution in [0.5, 0.6) is 0 Å². The van der Waals surface area contributed by atoms with Crippen molar-refractivity contribution in [2.24, 2.45) is 40.9 Å². The van der Waals surface area contributed by atoms with Crippen LogP contribution in [0.15, 0.2) is 12.2 Å². The summed E-state index contributed by atoms with van der Waals surface area (Å²) in [4.78, 5) is 13.1. The lowest BCUT2D eigenvalue weighted by Crippen LogP contribution is -2.51. The monoisotopic (exact) mass is 300 g/mol. The number of fused-ring (bicyclic) bond motifs is 2. The molecule has 0 spiro atoms. The lowest BCUT2D eigenvalue weighted by atomic mass is 9.55. The van der Waals surface area contributed by atoms with E-state index in [1.807, 2.05) is 0 Å². The van der Waals surface area contributed by atoms with Gasteiger partial charge in [0, 0.05) is 0 Å². The Balaban J connectivity index is 1.35. The lowest BCUT2D eigenvalue weighted by Gasteiger charge is -2.54. The van der Waals surface area contributed by atoms with Crippen molar-refractivity contribution in [3.63, 3.8) is 0 Å². The average molecular weight is 300 g/mol. The fourth-order valence-electron chi connectivity index (χ4n) is 7.05. The number of carbonyl (C=O) groups excluding carboxylic acids is 1. The van der Waals surface area contributed by atoms with Gasteiger partial charge in [-0.05, 0) is 86.9 Å². The first kappa shape index (κ1) is 13.6. The highest BCUT2D eigenvalue weighted by Crippen LogP contribution is 2.57. The van der Waals surface area contributed by atoms with Gasteiger partial charge in [-0.25, -0.2) is 0 Å². The van der Waals surface area contributed by atoms with E-state index in [0.717, 1.165) is 24.7 Å². The van der Waals surface area contributed by atoms with Crippen molar-refractivity contribution in [2.45, 2.75) is 64.4 Å². The molecule has 0 heterocycles. The standard InChI is InChI=1S/C20H28O2/c1-2-20(11-12-3-4-17(20)10-12)19(21)22-18-15-6-13-5-14(8-15)9-16(18)7-13/h3-4,12-18H,2,5-11H2,1H3. The van der Waals surface area contributed by atoms with Crippen LogP contribution >= 0.6 is 0 Å². The molecule has 2 heteroatoms. The van der Waals surface area contributed by atoms with E-state index in [0.29, 0.717) is 23.7 Å². The molecule has 120 valence electrons. The maximum absolute atomic E-state index is 13.1. The third-order valence-electron chi connectivity index (χ3n) is 7.93. The number of carbonyl (C=O) groups is 1. The molecule has 2 nitrogen and oxygen atoms in total. The van der Waals surface area contributed by atoms with Crippen molar-refractivity contribution >= 4 is 5.97 Å². The van der Waals surface area contributed by atoms with Crippen molar-refractivity contribution in [3.8, 4) is 0 Å². The normalized spacial score (nSPS) is 54.1. The molecule has 0 radical (unpaired) electrons. The molecule has 0 N–H and O–H groups in total. The smallest absolute Gasteiger partial charge is 0.312 e. The number of esters is 1. The minimum atomic E-state index is -0.186. The van der Waals surface area contributed by atoms with Gasteiger partial charge >= 0.3 is 5.97 Å². The molecule has 5 fully saturated rings. The molecule has 3 atom stereocenters. The summed E-state index contributed by atoms with van der Waals surface area (Å²) < 4.78 is 6.29. The number of hydrogen-bond acceptors (Lipinski definition) is 2. The van der Waals surface area contributed by atoms with Crippen LogP contribution < -0.4 is 0 Å².